The molecule has 0 aliphatic rings. The molecule has 0 saturated carbocycles. The van der Waals surface area contributed by atoms with Gasteiger partial charge in [-0.25, -0.2) is 0 Å². The number of nitrogens with zero attached hydrogens (tertiary/aromatic N) is 2. The van der Waals surface area contributed by atoms with Crippen molar-refractivity contribution >= 4 is 11.6 Å². The number of ether oxygens (including phenoxy) is 1. The Morgan fingerprint density at radius 3 is 2.44 bits per heavy atom. The maximum atomic E-state index is 6.05. The third-order valence-corrected chi connectivity index (χ3v) is 2.83. The highest BCUT2D eigenvalue weighted by atomic mass is 35.5. The van der Waals surface area contributed by atoms with Crippen LogP contribution in [-0.2, 0) is 0 Å². The van der Waals surface area contributed by atoms with Crippen molar-refractivity contribution in [2.45, 2.75) is 51.5 Å². The Hall–Kier alpha value is -0.700. The molecule has 1 heterocycles. The van der Waals surface area contributed by atoms with Gasteiger partial charge < -0.3 is 4.74 Å². The van der Waals surface area contributed by atoms with Gasteiger partial charge in [0.05, 0.1) is 19.0 Å². The van der Waals surface area contributed by atoms with Crippen molar-refractivity contribution in [2.75, 3.05) is 7.11 Å². The smallest absolute Gasteiger partial charge is 0.160 e. The summed E-state index contributed by atoms with van der Waals surface area (Å²) >= 11 is 6.05. The molecule has 4 heteroatoms. The monoisotopic (exact) mass is 244 g/mol. The molecule has 0 aliphatic heterocycles. The molecule has 16 heavy (non-hydrogen) atoms. The van der Waals surface area contributed by atoms with Gasteiger partial charge in [0.1, 0.15) is 0 Å². The van der Waals surface area contributed by atoms with Crippen LogP contribution < -0.4 is 4.74 Å². The number of aromatic nitrogens is 2. The number of hydrogen-bond donors (Lipinski definition) is 0. The first-order valence-electron chi connectivity index (χ1n) is 5.72. The van der Waals surface area contributed by atoms with Crippen molar-refractivity contribution in [1.29, 1.82) is 0 Å². The molecule has 92 valence electrons. The maximum absolute atomic E-state index is 6.05. The van der Waals surface area contributed by atoms with Crippen molar-refractivity contribution in [3.8, 4) is 5.75 Å². The largest absolute Gasteiger partial charge is 0.493 e. The van der Waals surface area contributed by atoms with E-state index in [9.17, 15) is 0 Å². The van der Waals surface area contributed by atoms with Crippen LogP contribution in [0.5, 0.6) is 5.75 Å². The second-order valence-corrected chi connectivity index (χ2v) is 5.30. The summed E-state index contributed by atoms with van der Waals surface area (Å²) in [7, 11) is 1.68. The standard InChI is InChI=1S/C12H21ClN2O/c1-8(2)15-12(9(3)6-10(4)13)11(16-5)7-14-15/h7-10H,6H2,1-5H3. The summed E-state index contributed by atoms with van der Waals surface area (Å²) in [5, 5.41) is 4.53. The van der Waals surface area contributed by atoms with Crippen LogP contribution in [0.15, 0.2) is 6.20 Å². The zero-order chi connectivity index (χ0) is 12.3. The van der Waals surface area contributed by atoms with Crippen molar-refractivity contribution in [3.63, 3.8) is 0 Å². The Morgan fingerprint density at radius 2 is 2.00 bits per heavy atom. The fourth-order valence-corrected chi connectivity index (χ4v) is 2.26. The lowest BCUT2D eigenvalue weighted by molar-refractivity contribution is 0.396. The van der Waals surface area contributed by atoms with Gasteiger partial charge in [0.15, 0.2) is 5.75 Å². The molecule has 0 saturated heterocycles. The summed E-state index contributed by atoms with van der Waals surface area (Å²) in [6.45, 7) is 8.41. The minimum atomic E-state index is 0.162. The van der Waals surface area contributed by atoms with Gasteiger partial charge in [0.25, 0.3) is 0 Å². The van der Waals surface area contributed by atoms with Crippen LogP contribution in [-0.4, -0.2) is 22.3 Å². The van der Waals surface area contributed by atoms with Gasteiger partial charge in [-0.05, 0) is 27.2 Å². The Balaban J connectivity index is 3.02. The van der Waals surface area contributed by atoms with Gasteiger partial charge in [-0.15, -0.1) is 11.6 Å². The van der Waals surface area contributed by atoms with Crippen molar-refractivity contribution in [2.24, 2.45) is 0 Å². The lowest BCUT2D eigenvalue weighted by Gasteiger charge is -2.18. The highest BCUT2D eigenvalue weighted by Gasteiger charge is 2.20. The first-order valence-corrected chi connectivity index (χ1v) is 6.16. The average Bonchev–Trinajstić information content (AvgIpc) is 2.59. The molecule has 0 aliphatic carbocycles. The quantitative estimate of drug-likeness (QED) is 0.740. The van der Waals surface area contributed by atoms with E-state index >= 15 is 0 Å². The number of alkyl halides is 1. The van der Waals surface area contributed by atoms with Gasteiger partial charge in [-0.3, -0.25) is 4.68 Å². The van der Waals surface area contributed by atoms with Crippen LogP contribution in [0.1, 0.15) is 51.8 Å². The molecule has 0 bridgehead atoms. The van der Waals surface area contributed by atoms with Crippen LogP contribution in [0, 0.1) is 0 Å². The molecular formula is C12H21ClN2O. The third kappa shape index (κ3) is 2.91. The van der Waals surface area contributed by atoms with E-state index in [-0.39, 0.29) is 5.38 Å². The molecule has 0 fully saturated rings. The van der Waals surface area contributed by atoms with E-state index in [0.717, 1.165) is 17.9 Å². The lowest BCUT2D eigenvalue weighted by atomic mass is 10.0. The SMILES string of the molecule is COc1cnn(C(C)C)c1C(C)CC(C)Cl. The van der Waals surface area contributed by atoms with Gasteiger partial charge in [0.2, 0.25) is 0 Å². The molecule has 0 N–H and O–H groups in total. The third-order valence-electron chi connectivity index (χ3n) is 2.65. The highest BCUT2D eigenvalue weighted by Crippen LogP contribution is 2.32. The second-order valence-electron chi connectivity index (χ2n) is 4.55. The van der Waals surface area contributed by atoms with Crippen molar-refractivity contribution in [1.82, 2.24) is 9.78 Å². The second kappa shape index (κ2) is 5.58. The molecule has 2 atom stereocenters. The van der Waals surface area contributed by atoms with Crippen LogP contribution in [0.4, 0.5) is 0 Å². The molecule has 1 rings (SSSR count). The van der Waals surface area contributed by atoms with E-state index in [2.05, 4.69) is 25.9 Å². The number of hydrogen-bond acceptors (Lipinski definition) is 2. The lowest BCUT2D eigenvalue weighted by Crippen LogP contribution is -2.12. The van der Waals surface area contributed by atoms with E-state index in [4.69, 9.17) is 16.3 Å². The van der Waals surface area contributed by atoms with Crippen LogP contribution in [0.3, 0.4) is 0 Å². The summed E-state index contributed by atoms with van der Waals surface area (Å²) in [5.74, 6) is 1.21. The fraction of sp³-hybridized carbons (Fsp3) is 0.750. The normalized spacial score (nSPS) is 15.2. The van der Waals surface area contributed by atoms with Crippen LogP contribution >= 0.6 is 11.6 Å². The Labute approximate surface area is 103 Å². The Morgan fingerprint density at radius 1 is 1.38 bits per heavy atom. The highest BCUT2D eigenvalue weighted by molar-refractivity contribution is 6.20. The summed E-state index contributed by atoms with van der Waals surface area (Å²) in [6, 6.07) is 0.340. The Bertz CT molecular complexity index is 334. The Kier molecular flexibility index (Phi) is 4.66. The first-order chi connectivity index (χ1) is 7.47. The number of rotatable bonds is 5. The predicted octanol–water partition coefficient (Wildman–Crippen LogP) is 3.59. The van der Waals surface area contributed by atoms with Gasteiger partial charge in [0, 0.05) is 17.3 Å². The van der Waals surface area contributed by atoms with Crippen molar-refractivity contribution in [3.05, 3.63) is 11.9 Å². The average molecular weight is 245 g/mol. The molecule has 0 spiro atoms. The minimum absolute atomic E-state index is 0.162. The minimum Gasteiger partial charge on any atom is -0.493 e. The molecule has 1 aromatic heterocycles. The van der Waals surface area contributed by atoms with E-state index in [1.54, 1.807) is 13.3 Å². The molecule has 1 aromatic rings. The van der Waals surface area contributed by atoms with Gasteiger partial charge >= 0.3 is 0 Å². The van der Waals surface area contributed by atoms with Crippen LogP contribution in [0.25, 0.3) is 0 Å². The number of methoxy groups -OCH3 is 1. The predicted molar refractivity (Wildman–Crippen MR) is 67.5 cm³/mol. The summed E-state index contributed by atoms with van der Waals surface area (Å²) in [5.41, 5.74) is 1.14. The van der Waals surface area contributed by atoms with E-state index in [0.29, 0.717) is 12.0 Å². The molecule has 0 aromatic carbocycles. The van der Waals surface area contributed by atoms with Crippen molar-refractivity contribution < 1.29 is 4.74 Å². The molecule has 0 radical (unpaired) electrons. The fourth-order valence-electron chi connectivity index (χ4n) is 1.99. The van der Waals surface area contributed by atoms with Gasteiger partial charge in [-0.1, -0.05) is 6.92 Å². The molecular weight excluding hydrogens is 224 g/mol. The van der Waals surface area contributed by atoms with E-state index in [1.165, 1.54) is 0 Å². The molecule has 0 amide bonds. The van der Waals surface area contributed by atoms with E-state index in [1.807, 2.05) is 11.6 Å². The topological polar surface area (TPSA) is 27.1 Å². The van der Waals surface area contributed by atoms with Crippen LogP contribution in [0.2, 0.25) is 0 Å². The zero-order valence-electron chi connectivity index (χ0n) is 10.7. The first kappa shape index (κ1) is 13.4. The summed E-state index contributed by atoms with van der Waals surface area (Å²) in [4.78, 5) is 0. The number of halogens is 1. The maximum Gasteiger partial charge on any atom is 0.160 e. The molecule has 3 nitrogen and oxygen atoms in total. The summed E-state index contributed by atoms with van der Waals surface area (Å²) < 4.78 is 7.37. The van der Waals surface area contributed by atoms with Gasteiger partial charge in [-0.2, -0.15) is 5.10 Å². The molecule has 2 unspecified atom stereocenters. The summed E-state index contributed by atoms with van der Waals surface area (Å²) in [6.07, 6.45) is 2.71. The zero-order valence-corrected chi connectivity index (χ0v) is 11.5. The van der Waals surface area contributed by atoms with E-state index < -0.39 is 0 Å².